The lowest BCUT2D eigenvalue weighted by atomic mass is 10.00. The van der Waals surface area contributed by atoms with Gasteiger partial charge in [-0.2, -0.15) is 0 Å². The third-order valence-corrected chi connectivity index (χ3v) is 3.43. The molecular weight excluding hydrogens is 323 g/mol. The van der Waals surface area contributed by atoms with Gasteiger partial charge >= 0.3 is 0 Å². The highest BCUT2D eigenvalue weighted by molar-refractivity contribution is 5.98. The number of rotatable bonds is 5. The lowest BCUT2D eigenvalue weighted by molar-refractivity contribution is 0.0945. The predicted octanol–water partition coefficient (Wildman–Crippen LogP) is 2.47. The Kier molecular flexibility index (Phi) is 10.1. The second-order valence-electron chi connectivity index (χ2n) is 5.62. The van der Waals surface area contributed by atoms with Gasteiger partial charge in [0, 0.05) is 18.8 Å². The third kappa shape index (κ3) is 6.38. The summed E-state index contributed by atoms with van der Waals surface area (Å²) in [5.41, 5.74) is 0.616. The summed E-state index contributed by atoms with van der Waals surface area (Å²) in [4.78, 5) is 16.5. The normalized spacial score (nSPS) is 17.1. The van der Waals surface area contributed by atoms with E-state index in [0.29, 0.717) is 17.3 Å². The summed E-state index contributed by atoms with van der Waals surface area (Å²) in [5, 5.41) is 9.59. The summed E-state index contributed by atoms with van der Waals surface area (Å²) < 4.78 is 0. The van der Waals surface area contributed by atoms with Crippen LogP contribution in [0.25, 0.3) is 0 Å². The van der Waals surface area contributed by atoms with E-state index in [-0.39, 0.29) is 36.8 Å². The first-order chi connectivity index (χ1) is 9.66. The van der Waals surface area contributed by atoms with Crippen LogP contribution in [0.2, 0.25) is 0 Å². The van der Waals surface area contributed by atoms with Gasteiger partial charge in [0.25, 0.3) is 5.91 Å². The van der Waals surface area contributed by atoms with Crippen molar-refractivity contribution in [1.82, 2.24) is 15.6 Å². The van der Waals surface area contributed by atoms with Gasteiger partial charge < -0.3 is 16.0 Å². The molecule has 1 unspecified atom stereocenters. The van der Waals surface area contributed by atoms with Crippen LogP contribution < -0.4 is 16.0 Å². The number of anilines is 1. The minimum Gasteiger partial charge on any atom is -0.367 e. The van der Waals surface area contributed by atoms with E-state index in [9.17, 15) is 4.79 Å². The topological polar surface area (TPSA) is 66.0 Å². The fraction of sp³-hybridized carbons (Fsp3) is 0.600. The van der Waals surface area contributed by atoms with E-state index < -0.39 is 0 Å². The van der Waals surface area contributed by atoms with Gasteiger partial charge in [0.15, 0.2) is 0 Å². The van der Waals surface area contributed by atoms with Gasteiger partial charge in [0.2, 0.25) is 0 Å². The number of carbonyl (C=O) groups is 1. The van der Waals surface area contributed by atoms with Crippen LogP contribution in [0.5, 0.6) is 0 Å². The Morgan fingerprint density at radius 3 is 2.86 bits per heavy atom. The molecule has 2 rings (SSSR count). The molecular formula is C15H26Cl2N4O. The van der Waals surface area contributed by atoms with Crippen molar-refractivity contribution in [2.45, 2.75) is 32.7 Å². The Morgan fingerprint density at radius 2 is 2.23 bits per heavy atom. The first kappa shape index (κ1) is 21.0. The minimum atomic E-state index is -0.0492. The van der Waals surface area contributed by atoms with E-state index in [1.165, 1.54) is 12.8 Å². The summed E-state index contributed by atoms with van der Waals surface area (Å²) in [7, 11) is 0. The number of nitrogens with zero attached hydrogens (tertiary/aromatic N) is 1. The Labute approximate surface area is 144 Å². The summed E-state index contributed by atoms with van der Waals surface area (Å²) in [6.45, 7) is 6.87. The highest BCUT2D eigenvalue weighted by atomic mass is 35.5. The summed E-state index contributed by atoms with van der Waals surface area (Å²) in [5.74, 6) is 1.14. The molecule has 0 bridgehead atoms. The van der Waals surface area contributed by atoms with Crippen LogP contribution in [0.1, 0.15) is 37.0 Å². The van der Waals surface area contributed by atoms with Crippen LogP contribution in [0.4, 0.5) is 5.82 Å². The van der Waals surface area contributed by atoms with Crippen LogP contribution >= 0.6 is 24.8 Å². The maximum absolute atomic E-state index is 12.3. The predicted molar refractivity (Wildman–Crippen MR) is 95.4 cm³/mol. The van der Waals surface area contributed by atoms with Crippen molar-refractivity contribution in [3.63, 3.8) is 0 Å². The molecule has 2 heterocycles. The van der Waals surface area contributed by atoms with E-state index in [1.807, 2.05) is 19.9 Å². The van der Waals surface area contributed by atoms with Crippen molar-refractivity contribution in [1.29, 1.82) is 0 Å². The minimum absolute atomic E-state index is 0. The molecule has 3 N–H and O–H groups in total. The maximum Gasteiger partial charge on any atom is 0.255 e. The highest BCUT2D eigenvalue weighted by Gasteiger charge is 2.16. The number of nitrogens with one attached hydrogen (secondary N) is 3. The molecule has 5 nitrogen and oxygen atoms in total. The summed E-state index contributed by atoms with van der Waals surface area (Å²) in [6.07, 6.45) is 4.07. The molecule has 0 saturated carbocycles. The van der Waals surface area contributed by atoms with Crippen molar-refractivity contribution >= 4 is 36.5 Å². The van der Waals surface area contributed by atoms with E-state index in [4.69, 9.17) is 0 Å². The molecule has 126 valence electrons. The van der Waals surface area contributed by atoms with Crippen molar-refractivity contribution < 1.29 is 4.79 Å². The molecule has 1 aliphatic rings. The molecule has 0 spiro atoms. The van der Waals surface area contributed by atoms with Crippen molar-refractivity contribution in [3.05, 3.63) is 23.9 Å². The molecule has 7 heteroatoms. The number of hydrogen-bond acceptors (Lipinski definition) is 4. The summed E-state index contributed by atoms with van der Waals surface area (Å²) >= 11 is 0. The lowest BCUT2D eigenvalue weighted by Crippen LogP contribution is -2.38. The number of amides is 1. The molecule has 0 aromatic carbocycles. The number of pyridine rings is 1. The first-order valence-corrected chi connectivity index (χ1v) is 7.37. The third-order valence-electron chi connectivity index (χ3n) is 3.43. The van der Waals surface area contributed by atoms with E-state index >= 15 is 0 Å². The number of hydrogen-bond donors (Lipinski definition) is 3. The SMILES string of the molecule is CC(C)Nc1ncccc1C(=O)NCC1CCCNC1.Cl.Cl. The zero-order valence-electron chi connectivity index (χ0n) is 13.1. The van der Waals surface area contributed by atoms with Gasteiger partial charge in [0.1, 0.15) is 5.82 Å². The smallest absolute Gasteiger partial charge is 0.255 e. The zero-order valence-corrected chi connectivity index (χ0v) is 14.7. The summed E-state index contributed by atoms with van der Waals surface area (Å²) in [6, 6.07) is 3.85. The van der Waals surface area contributed by atoms with Crippen LogP contribution in [0.3, 0.4) is 0 Å². The second kappa shape index (κ2) is 10.6. The monoisotopic (exact) mass is 348 g/mol. The number of aromatic nitrogens is 1. The molecule has 0 aliphatic carbocycles. The Morgan fingerprint density at radius 1 is 1.45 bits per heavy atom. The van der Waals surface area contributed by atoms with E-state index in [2.05, 4.69) is 20.9 Å². The Hall–Kier alpha value is -1.04. The van der Waals surface area contributed by atoms with Gasteiger partial charge in [-0.25, -0.2) is 4.98 Å². The second-order valence-corrected chi connectivity index (χ2v) is 5.62. The molecule has 0 radical (unpaired) electrons. The molecule has 1 saturated heterocycles. The zero-order chi connectivity index (χ0) is 14.4. The standard InChI is InChI=1S/C15H24N4O.2ClH/c1-11(2)19-14-13(6-4-8-17-14)15(20)18-10-12-5-3-7-16-9-12;;/h4,6,8,11-12,16H,3,5,7,9-10H2,1-2H3,(H,17,19)(H,18,20);2*1H. The molecule has 22 heavy (non-hydrogen) atoms. The molecule has 1 aromatic heterocycles. The Bertz CT molecular complexity index is 451. The van der Waals surface area contributed by atoms with Crippen molar-refractivity contribution in [3.8, 4) is 0 Å². The molecule has 1 aliphatic heterocycles. The van der Waals surface area contributed by atoms with E-state index in [1.54, 1.807) is 12.3 Å². The van der Waals surface area contributed by atoms with Gasteiger partial charge in [0.05, 0.1) is 5.56 Å². The highest BCUT2D eigenvalue weighted by Crippen LogP contribution is 2.13. The van der Waals surface area contributed by atoms with Gasteiger partial charge in [-0.05, 0) is 57.8 Å². The quantitative estimate of drug-likeness (QED) is 0.764. The number of piperidine rings is 1. The average molecular weight is 349 g/mol. The van der Waals surface area contributed by atoms with Gasteiger partial charge in [-0.15, -0.1) is 24.8 Å². The number of halogens is 2. The molecule has 1 aromatic rings. The lowest BCUT2D eigenvalue weighted by Gasteiger charge is -2.23. The van der Waals surface area contributed by atoms with Crippen LogP contribution in [0.15, 0.2) is 18.3 Å². The molecule has 1 fully saturated rings. The van der Waals surface area contributed by atoms with Crippen LogP contribution in [0, 0.1) is 5.92 Å². The fourth-order valence-electron chi connectivity index (χ4n) is 2.41. The average Bonchev–Trinajstić information content (AvgIpc) is 2.46. The fourth-order valence-corrected chi connectivity index (χ4v) is 2.41. The van der Waals surface area contributed by atoms with Gasteiger partial charge in [-0.1, -0.05) is 0 Å². The first-order valence-electron chi connectivity index (χ1n) is 7.37. The number of carbonyl (C=O) groups excluding carboxylic acids is 1. The Balaban J connectivity index is 0.00000220. The van der Waals surface area contributed by atoms with E-state index in [0.717, 1.165) is 19.6 Å². The van der Waals surface area contributed by atoms with Crippen molar-refractivity contribution in [2.24, 2.45) is 5.92 Å². The van der Waals surface area contributed by atoms with Crippen LogP contribution in [-0.4, -0.2) is 36.6 Å². The van der Waals surface area contributed by atoms with Crippen LogP contribution in [-0.2, 0) is 0 Å². The maximum atomic E-state index is 12.3. The molecule has 1 amide bonds. The van der Waals surface area contributed by atoms with Gasteiger partial charge in [-0.3, -0.25) is 4.79 Å². The van der Waals surface area contributed by atoms with Crippen molar-refractivity contribution in [2.75, 3.05) is 25.0 Å². The molecule has 1 atom stereocenters. The largest absolute Gasteiger partial charge is 0.367 e.